The van der Waals surface area contributed by atoms with E-state index in [0.717, 1.165) is 14.6 Å². The number of thioether (sulfide) groups is 1. The maximum absolute atomic E-state index is 12.6. The van der Waals surface area contributed by atoms with Crippen LogP contribution in [-0.4, -0.2) is 60.9 Å². The first-order valence-corrected chi connectivity index (χ1v) is 11.3. The second-order valence-corrected chi connectivity index (χ2v) is 8.85. The van der Waals surface area contributed by atoms with Crippen LogP contribution < -0.4 is 10.1 Å². The normalized spacial score (nSPS) is 14.0. The number of amides is 2. The molecule has 0 aliphatic carbocycles. The number of morpholine rings is 1. The van der Waals surface area contributed by atoms with E-state index in [1.54, 1.807) is 25.3 Å². The lowest BCUT2D eigenvalue weighted by Crippen LogP contribution is -2.41. The number of nitrogens with zero attached hydrogens (tertiary/aromatic N) is 2. The van der Waals surface area contributed by atoms with Crippen LogP contribution in [0.25, 0.3) is 10.2 Å². The molecule has 7 nitrogen and oxygen atoms in total. The summed E-state index contributed by atoms with van der Waals surface area (Å²) >= 11 is 2.95. The molecule has 1 fully saturated rings. The second kappa shape index (κ2) is 9.46. The Hall–Kier alpha value is -2.62. The summed E-state index contributed by atoms with van der Waals surface area (Å²) in [5.41, 5.74) is 2.00. The molecule has 0 saturated carbocycles. The number of carbonyl (C=O) groups excluding carboxylic acids is 2. The maximum atomic E-state index is 12.6. The highest BCUT2D eigenvalue weighted by Gasteiger charge is 2.18. The van der Waals surface area contributed by atoms with E-state index < -0.39 is 0 Å². The average Bonchev–Trinajstić information content (AvgIpc) is 3.20. The van der Waals surface area contributed by atoms with Crippen molar-refractivity contribution in [3.05, 3.63) is 48.0 Å². The van der Waals surface area contributed by atoms with Gasteiger partial charge in [-0.3, -0.25) is 9.59 Å². The van der Waals surface area contributed by atoms with Gasteiger partial charge in [-0.05, 0) is 30.3 Å². The molecule has 0 unspecified atom stereocenters. The minimum Gasteiger partial charge on any atom is -0.496 e. The molecule has 3 aromatic rings. The summed E-state index contributed by atoms with van der Waals surface area (Å²) in [6.07, 6.45) is 0. The van der Waals surface area contributed by atoms with Crippen molar-refractivity contribution in [3.63, 3.8) is 0 Å². The van der Waals surface area contributed by atoms with Crippen molar-refractivity contribution >= 4 is 50.8 Å². The van der Waals surface area contributed by atoms with Gasteiger partial charge in [0.2, 0.25) is 5.91 Å². The number of hydrogen-bond donors (Lipinski definition) is 1. The number of anilines is 1. The molecule has 2 heterocycles. The molecule has 0 spiro atoms. The van der Waals surface area contributed by atoms with Crippen molar-refractivity contribution in [1.82, 2.24) is 9.88 Å². The van der Waals surface area contributed by atoms with Gasteiger partial charge in [0, 0.05) is 18.8 Å². The molecule has 9 heteroatoms. The fourth-order valence-electron chi connectivity index (χ4n) is 3.10. The Morgan fingerprint density at radius 2 is 2.03 bits per heavy atom. The first kappa shape index (κ1) is 20.6. The molecule has 1 saturated heterocycles. The van der Waals surface area contributed by atoms with Crippen LogP contribution in [0.2, 0.25) is 0 Å². The van der Waals surface area contributed by atoms with Crippen molar-refractivity contribution < 1.29 is 19.1 Å². The third-order valence-corrected chi connectivity index (χ3v) is 6.81. The average molecular weight is 444 g/mol. The minimum atomic E-state index is -0.234. The number of carbonyl (C=O) groups is 2. The Kier molecular flexibility index (Phi) is 6.51. The summed E-state index contributed by atoms with van der Waals surface area (Å²) in [6.45, 7) is 2.49. The van der Waals surface area contributed by atoms with E-state index in [4.69, 9.17) is 9.47 Å². The van der Waals surface area contributed by atoms with Crippen molar-refractivity contribution in [3.8, 4) is 5.75 Å². The van der Waals surface area contributed by atoms with Gasteiger partial charge in [-0.2, -0.15) is 0 Å². The van der Waals surface area contributed by atoms with E-state index in [1.807, 2.05) is 29.2 Å². The maximum Gasteiger partial charge on any atom is 0.259 e. The Labute approximate surface area is 182 Å². The molecule has 1 aromatic heterocycles. The first-order chi connectivity index (χ1) is 14.6. The molecular weight excluding hydrogens is 422 g/mol. The highest BCUT2D eigenvalue weighted by molar-refractivity contribution is 8.01. The van der Waals surface area contributed by atoms with E-state index in [9.17, 15) is 9.59 Å². The Balaban J connectivity index is 1.42. The van der Waals surface area contributed by atoms with E-state index in [1.165, 1.54) is 23.1 Å². The molecule has 2 amide bonds. The number of rotatable bonds is 6. The molecule has 1 aliphatic heterocycles. The summed E-state index contributed by atoms with van der Waals surface area (Å²) in [7, 11) is 1.54. The van der Waals surface area contributed by atoms with E-state index in [2.05, 4.69) is 10.3 Å². The zero-order valence-electron chi connectivity index (χ0n) is 16.4. The van der Waals surface area contributed by atoms with Gasteiger partial charge in [0.1, 0.15) is 5.75 Å². The predicted octanol–water partition coefficient (Wildman–Crippen LogP) is 3.51. The Morgan fingerprint density at radius 3 is 2.83 bits per heavy atom. The van der Waals surface area contributed by atoms with Gasteiger partial charge < -0.3 is 19.7 Å². The minimum absolute atomic E-state index is 0.104. The third kappa shape index (κ3) is 4.75. The zero-order valence-corrected chi connectivity index (χ0v) is 18.1. The molecule has 156 valence electrons. The molecule has 4 rings (SSSR count). The topological polar surface area (TPSA) is 80.8 Å². The number of nitrogens with one attached hydrogen (secondary N) is 1. The molecule has 30 heavy (non-hydrogen) atoms. The lowest BCUT2D eigenvalue weighted by Gasteiger charge is -2.26. The van der Waals surface area contributed by atoms with Crippen LogP contribution in [0.15, 0.2) is 46.8 Å². The molecule has 0 bridgehead atoms. The number of thiazole rings is 1. The first-order valence-electron chi connectivity index (χ1n) is 9.47. The van der Waals surface area contributed by atoms with Crippen molar-refractivity contribution in [2.24, 2.45) is 0 Å². The summed E-state index contributed by atoms with van der Waals surface area (Å²) in [5, 5.41) is 2.91. The van der Waals surface area contributed by atoms with Gasteiger partial charge in [-0.1, -0.05) is 23.9 Å². The summed E-state index contributed by atoms with van der Waals surface area (Å²) < 4.78 is 12.3. The number of methoxy groups -OCH3 is 1. The number of aromatic nitrogens is 1. The number of fused-ring (bicyclic) bond motifs is 1. The van der Waals surface area contributed by atoms with Gasteiger partial charge in [-0.25, -0.2) is 4.98 Å². The van der Waals surface area contributed by atoms with Gasteiger partial charge in [0.25, 0.3) is 5.91 Å². The largest absolute Gasteiger partial charge is 0.496 e. The molecular formula is C21H21N3O4S2. The predicted molar refractivity (Wildman–Crippen MR) is 119 cm³/mol. The van der Waals surface area contributed by atoms with Crippen LogP contribution in [0.4, 0.5) is 5.69 Å². The second-order valence-electron chi connectivity index (χ2n) is 6.60. The monoisotopic (exact) mass is 443 g/mol. The van der Waals surface area contributed by atoms with Crippen LogP contribution in [0.5, 0.6) is 5.75 Å². The third-order valence-electron chi connectivity index (χ3n) is 4.66. The number of hydrogen-bond acceptors (Lipinski definition) is 7. The van der Waals surface area contributed by atoms with Crippen LogP contribution in [0.3, 0.4) is 0 Å². The van der Waals surface area contributed by atoms with Crippen molar-refractivity contribution in [2.45, 2.75) is 4.34 Å². The zero-order chi connectivity index (χ0) is 20.9. The Morgan fingerprint density at radius 1 is 1.23 bits per heavy atom. The molecule has 1 aliphatic rings. The van der Waals surface area contributed by atoms with Crippen molar-refractivity contribution in [2.75, 3.05) is 44.5 Å². The summed E-state index contributed by atoms with van der Waals surface area (Å²) in [4.78, 5) is 31.3. The fourth-order valence-corrected chi connectivity index (χ4v) is 5.11. The van der Waals surface area contributed by atoms with Gasteiger partial charge >= 0.3 is 0 Å². The van der Waals surface area contributed by atoms with Crippen LogP contribution in [0, 0.1) is 0 Å². The lowest BCUT2D eigenvalue weighted by molar-refractivity contribution is -0.132. The molecule has 0 radical (unpaired) electrons. The molecule has 0 atom stereocenters. The number of para-hydroxylation sites is 1. The van der Waals surface area contributed by atoms with Crippen molar-refractivity contribution in [1.29, 1.82) is 0 Å². The quantitative estimate of drug-likeness (QED) is 0.588. The fraction of sp³-hybridized carbons (Fsp3) is 0.286. The smallest absolute Gasteiger partial charge is 0.259 e. The summed E-state index contributed by atoms with van der Waals surface area (Å²) in [5.74, 6) is 0.754. The molecule has 2 aromatic carbocycles. The SMILES string of the molecule is COc1ccccc1C(=O)Nc1ccc2nc(SCC(=O)N3CCOCC3)sc2c1. The molecule has 1 N–H and O–H groups in total. The summed E-state index contributed by atoms with van der Waals surface area (Å²) in [6, 6.07) is 12.7. The van der Waals surface area contributed by atoms with E-state index in [0.29, 0.717) is 49.1 Å². The van der Waals surface area contributed by atoms with Crippen LogP contribution in [0.1, 0.15) is 10.4 Å². The van der Waals surface area contributed by atoms with Crippen LogP contribution >= 0.6 is 23.1 Å². The van der Waals surface area contributed by atoms with E-state index in [-0.39, 0.29) is 11.8 Å². The highest BCUT2D eigenvalue weighted by Crippen LogP contribution is 2.31. The highest BCUT2D eigenvalue weighted by atomic mass is 32.2. The van der Waals surface area contributed by atoms with Gasteiger partial charge in [-0.15, -0.1) is 11.3 Å². The standard InChI is InChI=1S/C21H21N3O4S2/c1-27-17-5-3-2-4-15(17)20(26)22-14-6-7-16-18(12-14)30-21(23-16)29-13-19(25)24-8-10-28-11-9-24/h2-7,12H,8-11,13H2,1H3,(H,22,26). The Bertz CT molecular complexity index is 1060. The van der Waals surface area contributed by atoms with Crippen LogP contribution in [-0.2, 0) is 9.53 Å². The number of benzene rings is 2. The van der Waals surface area contributed by atoms with E-state index >= 15 is 0 Å². The van der Waals surface area contributed by atoms with Gasteiger partial charge in [0.15, 0.2) is 4.34 Å². The number of ether oxygens (including phenoxy) is 2. The van der Waals surface area contributed by atoms with Gasteiger partial charge in [0.05, 0.1) is 41.9 Å². The lowest BCUT2D eigenvalue weighted by atomic mass is 10.2.